The molecule has 0 aliphatic carbocycles. The Balaban J connectivity index is 3.17. The van der Waals surface area contributed by atoms with Crippen LogP contribution in [0.4, 0.5) is 0 Å². The number of benzene rings is 1. The molecule has 0 saturated carbocycles. The molecule has 1 nitrogen and oxygen atoms in total. The quantitative estimate of drug-likeness (QED) is 0.862. The van der Waals surface area contributed by atoms with Crippen LogP contribution in [0, 0.1) is 0 Å². The van der Waals surface area contributed by atoms with Gasteiger partial charge in [0.05, 0.1) is 0 Å². The second-order valence-corrected chi connectivity index (χ2v) is 3.87. The predicted molar refractivity (Wildman–Crippen MR) is 59.6 cm³/mol. The molecule has 1 N–H and O–H groups in total. The van der Waals surface area contributed by atoms with Gasteiger partial charge in [0.25, 0.3) is 0 Å². The summed E-state index contributed by atoms with van der Waals surface area (Å²) in [7, 11) is 0. The van der Waals surface area contributed by atoms with E-state index in [9.17, 15) is 0 Å². The lowest BCUT2D eigenvalue weighted by Gasteiger charge is -2.09. The number of hydrogen-bond acceptors (Lipinski definition) is 1. The van der Waals surface area contributed by atoms with Gasteiger partial charge < -0.3 is 5.11 Å². The van der Waals surface area contributed by atoms with Crippen molar-refractivity contribution in [2.24, 2.45) is 0 Å². The SMILES string of the molecule is C=C(C)c1cccc(Br)c1CCO. The van der Waals surface area contributed by atoms with E-state index >= 15 is 0 Å². The number of hydrogen-bond donors (Lipinski definition) is 1. The van der Waals surface area contributed by atoms with Gasteiger partial charge in [-0.15, -0.1) is 0 Å². The average molecular weight is 241 g/mol. The van der Waals surface area contributed by atoms with E-state index in [1.165, 1.54) is 0 Å². The van der Waals surface area contributed by atoms with Crippen LogP contribution in [0.1, 0.15) is 18.1 Å². The van der Waals surface area contributed by atoms with Gasteiger partial charge in [-0.2, -0.15) is 0 Å². The summed E-state index contributed by atoms with van der Waals surface area (Å²) in [4.78, 5) is 0. The van der Waals surface area contributed by atoms with Crippen LogP contribution in [-0.2, 0) is 6.42 Å². The van der Waals surface area contributed by atoms with Crippen LogP contribution in [0.25, 0.3) is 5.57 Å². The minimum absolute atomic E-state index is 0.170. The summed E-state index contributed by atoms with van der Waals surface area (Å²) >= 11 is 3.46. The minimum atomic E-state index is 0.170. The number of aliphatic hydroxyl groups is 1. The van der Waals surface area contributed by atoms with Gasteiger partial charge in [-0.05, 0) is 30.5 Å². The van der Waals surface area contributed by atoms with Crippen LogP contribution >= 0.6 is 15.9 Å². The van der Waals surface area contributed by atoms with E-state index in [4.69, 9.17) is 5.11 Å². The highest BCUT2D eigenvalue weighted by Crippen LogP contribution is 2.25. The standard InChI is InChI=1S/C11H13BrO/c1-8(2)9-4-3-5-11(12)10(9)6-7-13/h3-5,13H,1,6-7H2,2H3. The summed E-state index contributed by atoms with van der Waals surface area (Å²) in [5.41, 5.74) is 3.30. The van der Waals surface area contributed by atoms with Crippen molar-refractivity contribution < 1.29 is 5.11 Å². The largest absolute Gasteiger partial charge is 0.396 e. The highest BCUT2D eigenvalue weighted by molar-refractivity contribution is 9.10. The van der Waals surface area contributed by atoms with Gasteiger partial charge in [0.15, 0.2) is 0 Å². The first-order chi connectivity index (χ1) is 6.16. The fourth-order valence-corrected chi connectivity index (χ4v) is 1.89. The van der Waals surface area contributed by atoms with Crippen LogP contribution in [0.5, 0.6) is 0 Å². The smallest absolute Gasteiger partial charge is 0.0472 e. The maximum Gasteiger partial charge on any atom is 0.0472 e. The van der Waals surface area contributed by atoms with Crippen molar-refractivity contribution >= 4 is 21.5 Å². The van der Waals surface area contributed by atoms with E-state index in [1.54, 1.807) is 0 Å². The van der Waals surface area contributed by atoms with Crippen LogP contribution in [-0.4, -0.2) is 11.7 Å². The predicted octanol–water partition coefficient (Wildman–Crippen LogP) is 3.02. The van der Waals surface area contributed by atoms with Crippen molar-refractivity contribution in [3.05, 3.63) is 40.4 Å². The zero-order valence-electron chi connectivity index (χ0n) is 7.68. The second-order valence-electron chi connectivity index (χ2n) is 3.02. The molecular weight excluding hydrogens is 228 g/mol. The van der Waals surface area contributed by atoms with Crippen LogP contribution < -0.4 is 0 Å². The monoisotopic (exact) mass is 240 g/mol. The van der Waals surface area contributed by atoms with Crippen molar-refractivity contribution in [2.45, 2.75) is 13.3 Å². The molecular formula is C11H13BrO. The highest BCUT2D eigenvalue weighted by Gasteiger charge is 2.05. The molecule has 0 radical (unpaired) electrons. The van der Waals surface area contributed by atoms with E-state index in [2.05, 4.69) is 22.5 Å². The third-order valence-corrected chi connectivity index (χ3v) is 2.68. The van der Waals surface area contributed by atoms with Gasteiger partial charge in [-0.3, -0.25) is 0 Å². The van der Waals surface area contributed by atoms with Gasteiger partial charge in [0.2, 0.25) is 0 Å². The summed E-state index contributed by atoms with van der Waals surface area (Å²) in [6.45, 7) is 6.05. The van der Waals surface area contributed by atoms with E-state index < -0.39 is 0 Å². The first kappa shape index (κ1) is 10.5. The van der Waals surface area contributed by atoms with Crippen molar-refractivity contribution in [1.82, 2.24) is 0 Å². The van der Waals surface area contributed by atoms with Crippen LogP contribution in [0.2, 0.25) is 0 Å². The third-order valence-electron chi connectivity index (χ3n) is 1.94. The van der Waals surface area contributed by atoms with Crippen molar-refractivity contribution in [1.29, 1.82) is 0 Å². The maximum atomic E-state index is 8.90. The number of aliphatic hydroxyl groups excluding tert-OH is 1. The molecule has 70 valence electrons. The van der Waals surface area contributed by atoms with Crippen molar-refractivity contribution in [3.63, 3.8) is 0 Å². The molecule has 1 aromatic rings. The van der Waals surface area contributed by atoms with Gasteiger partial charge in [-0.1, -0.05) is 40.2 Å². The Kier molecular flexibility index (Phi) is 3.70. The lowest BCUT2D eigenvalue weighted by atomic mass is 10.00. The van der Waals surface area contributed by atoms with Crippen LogP contribution in [0.15, 0.2) is 29.3 Å². The Morgan fingerprint density at radius 2 is 2.23 bits per heavy atom. The molecule has 13 heavy (non-hydrogen) atoms. The zero-order valence-corrected chi connectivity index (χ0v) is 9.26. The second kappa shape index (κ2) is 4.58. The molecule has 1 aromatic carbocycles. The van der Waals surface area contributed by atoms with Crippen molar-refractivity contribution in [2.75, 3.05) is 6.61 Å². The third kappa shape index (κ3) is 2.42. The van der Waals surface area contributed by atoms with E-state index in [0.29, 0.717) is 6.42 Å². The average Bonchev–Trinajstić information content (AvgIpc) is 2.08. The molecule has 0 bridgehead atoms. The summed E-state index contributed by atoms with van der Waals surface area (Å²) in [6, 6.07) is 5.99. The molecule has 1 rings (SSSR count). The molecule has 0 spiro atoms. The minimum Gasteiger partial charge on any atom is -0.396 e. The van der Waals surface area contributed by atoms with E-state index in [-0.39, 0.29) is 6.61 Å². The Hall–Kier alpha value is -0.600. The number of allylic oxidation sites excluding steroid dienone is 1. The molecule has 0 fully saturated rings. The van der Waals surface area contributed by atoms with Gasteiger partial charge >= 0.3 is 0 Å². The summed E-state index contributed by atoms with van der Waals surface area (Å²) in [6.07, 6.45) is 0.670. The fraction of sp³-hybridized carbons (Fsp3) is 0.273. The first-order valence-corrected chi connectivity index (χ1v) is 5.00. The molecule has 0 amide bonds. The van der Waals surface area contributed by atoms with Crippen LogP contribution in [0.3, 0.4) is 0 Å². The van der Waals surface area contributed by atoms with Gasteiger partial charge in [-0.25, -0.2) is 0 Å². The molecule has 0 saturated heterocycles. The maximum absolute atomic E-state index is 8.90. The summed E-state index contributed by atoms with van der Waals surface area (Å²) < 4.78 is 1.04. The van der Waals surface area contributed by atoms with E-state index in [0.717, 1.165) is 21.2 Å². The Bertz CT molecular complexity index is 318. The Morgan fingerprint density at radius 3 is 2.77 bits per heavy atom. The lowest BCUT2D eigenvalue weighted by Crippen LogP contribution is -1.96. The molecule has 0 heterocycles. The van der Waals surface area contributed by atoms with Gasteiger partial charge in [0, 0.05) is 11.1 Å². The van der Waals surface area contributed by atoms with Crippen molar-refractivity contribution in [3.8, 4) is 0 Å². The fourth-order valence-electron chi connectivity index (χ4n) is 1.32. The molecule has 0 aliphatic rings. The Morgan fingerprint density at radius 1 is 1.54 bits per heavy atom. The molecule has 0 aromatic heterocycles. The summed E-state index contributed by atoms with van der Waals surface area (Å²) in [5, 5.41) is 8.90. The molecule has 0 unspecified atom stereocenters. The Labute approximate surface area is 87.2 Å². The molecule has 2 heteroatoms. The molecule has 0 atom stereocenters. The topological polar surface area (TPSA) is 20.2 Å². The normalized spacial score (nSPS) is 10.1. The number of rotatable bonds is 3. The highest BCUT2D eigenvalue weighted by atomic mass is 79.9. The molecule has 0 aliphatic heterocycles. The summed E-state index contributed by atoms with van der Waals surface area (Å²) in [5.74, 6) is 0. The lowest BCUT2D eigenvalue weighted by molar-refractivity contribution is 0.299. The number of halogens is 1. The van der Waals surface area contributed by atoms with E-state index in [1.807, 2.05) is 25.1 Å². The zero-order chi connectivity index (χ0) is 9.84. The van der Waals surface area contributed by atoms with Gasteiger partial charge in [0.1, 0.15) is 0 Å². The first-order valence-electron chi connectivity index (χ1n) is 4.21.